The number of benzene rings is 1. The van der Waals surface area contributed by atoms with E-state index in [0.717, 1.165) is 5.69 Å². The second kappa shape index (κ2) is 5.19. The molecule has 0 aliphatic rings. The van der Waals surface area contributed by atoms with Gasteiger partial charge in [-0.3, -0.25) is 4.79 Å². The molecule has 0 saturated carbocycles. The first-order valence-corrected chi connectivity index (χ1v) is 5.49. The fraction of sp³-hybridized carbons (Fsp3) is 0.143. The van der Waals surface area contributed by atoms with E-state index < -0.39 is 0 Å². The lowest BCUT2D eigenvalue weighted by Crippen LogP contribution is -2.07. The average Bonchev–Trinajstić information content (AvgIpc) is 2.88. The van der Waals surface area contributed by atoms with E-state index in [2.05, 4.69) is 0 Å². The van der Waals surface area contributed by atoms with Crippen molar-refractivity contribution in [2.45, 2.75) is 6.42 Å². The molecule has 1 heterocycles. The largest absolute Gasteiger partial charge is 0.495 e. The van der Waals surface area contributed by atoms with Crippen molar-refractivity contribution in [1.82, 2.24) is 4.57 Å². The first kappa shape index (κ1) is 11.9. The van der Waals surface area contributed by atoms with E-state index in [1.54, 1.807) is 30.0 Å². The lowest BCUT2D eigenvalue weighted by molar-refractivity contribution is 0.0991. The first-order valence-electron chi connectivity index (χ1n) is 5.49. The van der Waals surface area contributed by atoms with Crippen molar-refractivity contribution in [3.8, 4) is 17.5 Å². The molecule has 1 aromatic heterocycles. The summed E-state index contributed by atoms with van der Waals surface area (Å²) in [5.41, 5.74) is 1.27. The van der Waals surface area contributed by atoms with Crippen LogP contribution in [0.5, 0.6) is 5.75 Å². The van der Waals surface area contributed by atoms with Gasteiger partial charge in [0.1, 0.15) is 12.2 Å². The van der Waals surface area contributed by atoms with E-state index >= 15 is 0 Å². The minimum atomic E-state index is -0.201. The summed E-state index contributed by atoms with van der Waals surface area (Å²) >= 11 is 0. The minimum Gasteiger partial charge on any atom is -0.495 e. The van der Waals surface area contributed by atoms with Crippen LogP contribution in [0.4, 0.5) is 0 Å². The maximum absolute atomic E-state index is 11.8. The highest BCUT2D eigenvalue weighted by Gasteiger charge is 2.13. The van der Waals surface area contributed by atoms with Crippen molar-refractivity contribution in [2.75, 3.05) is 7.11 Å². The molecule has 0 bridgehead atoms. The zero-order chi connectivity index (χ0) is 13.0. The Morgan fingerprint density at radius 1 is 1.33 bits per heavy atom. The highest BCUT2D eigenvalue weighted by Crippen LogP contribution is 2.24. The fourth-order valence-corrected chi connectivity index (χ4v) is 1.81. The highest BCUT2D eigenvalue weighted by molar-refractivity contribution is 5.96. The van der Waals surface area contributed by atoms with Crippen molar-refractivity contribution in [3.05, 3.63) is 48.3 Å². The zero-order valence-electron chi connectivity index (χ0n) is 9.96. The number of methoxy groups -OCH3 is 1. The van der Waals surface area contributed by atoms with Gasteiger partial charge in [0, 0.05) is 6.20 Å². The van der Waals surface area contributed by atoms with Gasteiger partial charge in [-0.1, -0.05) is 12.1 Å². The summed E-state index contributed by atoms with van der Waals surface area (Å²) in [6.07, 6.45) is 1.65. The summed E-state index contributed by atoms with van der Waals surface area (Å²) in [5, 5.41) is 8.59. The monoisotopic (exact) mass is 240 g/mol. The Morgan fingerprint density at radius 3 is 2.83 bits per heavy atom. The molecule has 2 aromatic rings. The minimum absolute atomic E-state index is 0.126. The van der Waals surface area contributed by atoms with Crippen molar-refractivity contribution in [2.24, 2.45) is 0 Å². The van der Waals surface area contributed by atoms with E-state index in [4.69, 9.17) is 10.00 Å². The van der Waals surface area contributed by atoms with Gasteiger partial charge < -0.3 is 9.30 Å². The standard InChI is InChI=1S/C14H12N2O2/c1-18-14-7-3-2-5-12(14)16-10-4-6-11(16)13(17)8-9-15/h2-7,10H,8H2,1H3. The smallest absolute Gasteiger partial charge is 0.193 e. The van der Waals surface area contributed by atoms with Crippen molar-refractivity contribution < 1.29 is 9.53 Å². The Labute approximate surface area is 105 Å². The quantitative estimate of drug-likeness (QED) is 0.772. The Hall–Kier alpha value is -2.54. The van der Waals surface area contributed by atoms with Crippen molar-refractivity contribution in [1.29, 1.82) is 5.26 Å². The van der Waals surface area contributed by atoms with Gasteiger partial charge in [0.15, 0.2) is 5.78 Å². The van der Waals surface area contributed by atoms with E-state index in [9.17, 15) is 4.79 Å². The second-order valence-corrected chi connectivity index (χ2v) is 3.69. The van der Waals surface area contributed by atoms with Crippen LogP contribution in [-0.4, -0.2) is 17.5 Å². The van der Waals surface area contributed by atoms with Crippen LogP contribution in [0.2, 0.25) is 0 Å². The number of para-hydroxylation sites is 2. The predicted molar refractivity (Wildman–Crippen MR) is 66.9 cm³/mol. The van der Waals surface area contributed by atoms with Gasteiger partial charge in [-0.05, 0) is 24.3 Å². The molecule has 0 saturated heterocycles. The summed E-state index contributed by atoms with van der Waals surface area (Å²) in [4.78, 5) is 11.8. The molecule has 1 aromatic carbocycles. The number of ketones is 1. The van der Waals surface area contributed by atoms with Crippen LogP contribution < -0.4 is 4.74 Å². The van der Waals surface area contributed by atoms with E-state index in [1.807, 2.05) is 30.3 Å². The lowest BCUT2D eigenvalue weighted by Gasteiger charge is -2.11. The van der Waals surface area contributed by atoms with Gasteiger partial charge in [0.2, 0.25) is 0 Å². The van der Waals surface area contributed by atoms with Gasteiger partial charge in [0.05, 0.1) is 24.6 Å². The summed E-state index contributed by atoms with van der Waals surface area (Å²) in [6, 6.07) is 12.8. The molecule has 0 aliphatic heterocycles. The molecule has 90 valence electrons. The van der Waals surface area contributed by atoms with Crippen LogP contribution in [-0.2, 0) is 0 Å². The number of aromatic nitrogens is 1. The van der Waals surface area contributed by atoms with Gasteiger partial charge in [-0.25, -0.2) is 0 Å². The van der Waals surface area contributed by atoms with Crippen LogP contribution >= 0.6 is 0 Å². The maximum Gasteiger partial charge on any atom is 0.193 e. The number of carbonyl (C=O) groups excluding carboxylic acids is 1. The third-order valence-electron chi connectivity index (χ3n) is 2.62. The van der Waals surface area contributed by atoms with Crippen LogP contribution in [0.1, 0.15) is 16.9 Å². The normalized spacial score (nSPS) is 9.78. The Morgan fingerprint density at radius 2 is 2.11 bits per heavy atom. The average molecular weight is 240 g/mol. The van der Waals surface area contributed by atoms with Crippen LogP contribution in [0.15, 0.2) is 42.6 Å². The number of rotatable bonds is 4. The molecule has 0 fully saturated rings. The number of carbonyl (C=O) groups is 1. The number of ether oxygens (including phenoxy) is 1. The van der Waals surface area contributed by atoms with Gasteiger partial charge >= 0.3 is 0 Å². The van der Waals surface area contributed by atoms with Gasteiger partial charge in [0.25, 0.3) is 0 Å². The molecular formula is C14H12N2O2. The summed E-state index contributed by atoms with van der Waals surface area (Å²) in [7, 11) is 1.58. The van der Waals surface area contributed by atoms with E-state index in [0.29, 0.717) is 11.4 Å². The molecule has 0 unspecified atom stereocenters. The SMILES string of the molecule is COc1ccccc1-n1cccc1C(=O)CC#N. The van der Waals surface area contributed by atoms with Crippen LogP contribution in [0.3, 0.4) is 0 Å². The number of Topliss-reactive ketones (excluding diaryl/α,β-unsaturated/α-hetero) is 1. The molecule has 18 heavy (non-hydrogen) atoms. The van der Waals surface area contributed by atoms with Crippen molar-refractivity contribution in [3.63, 3.8) is 0 Å². The maximum atomic E-state index is 11.8. The lowest BCUT2D eigenvalue weighted by atomic mass is 10.2. The Balaban J connectivity index is 2.49. The van der Waals surface area contributed by atoms with Crippen molar-refractivity contribution >= 4 is 5.78 Å². The Bertz CT molecular complexity index is 608. The van der Waals surface area contributed by atoms with Crippen LogP contribution in [0, 0.1) is 11.3 Å². The topological polar surface area (TPSA) is 55.0 Å². The molecule has 0 spiro atoms. The molecule has 0 radical (unpaired) electrons. The highest BCUT2D eigenvalue weighted by atomic mass is 16.5. The van der Waals surface area contributed by atoms with Gasteiger partial charge in [-0.15, -0.1) is 0 Å². The van der Waals surface area contributed by atoms with E-state index in [-0.39, 0.29) is 12.2 Å². The third-order valence-corrected chi connectivity index (χ3v) is 2.62. The molecule has 4 nitrogen and oxygen atoms in total. The summed E-state index contributed by atoms with van der Waals surface area (Å²) < 4.78 is 7.00. The predicted octanol–water partition coefficient (Wildman–Crippen LogP) is 2.58. The Kier molecular flexibility index (Phi) is 3.44. The summed E-state index contributed by atoms with van der Waals surface area (Å²) in [5.74, 6) is 0.480. The number of hydrogen-bond acceptors (Lipinski definition) is 3. The number of nitriles is 1. The molecule has 0 amide bonds. The molecule has 4 heteroatoms. The molecule has 0 N–H and O–H groups in total. The fourth-order valence-electron chi connectivity index (χ4n) is 1.81. The third kappa shape index (κ3) is 2.11. The molecule has 0 aliphatic carbocycles. The zero-order valence-corrected chi connectivity index (χ0v) is 9.96. The molecule has 0 atom stereocenters. The molecular weight excluding hydrogens is 228 g/mol. The second-order valence-electron chi connectivity index (χ2n) is 3.69. The summed E-state index contributed by atoms with van der Waals surface area (Å²) in [6.45, 7) is 0. The van der Waals surface area contributed by atoms with Crippen LogP contribution in [0.25, 0.3) is 5.69 Å². The van der Waals surface area contributed by atoms with E-state index in [1.165, 1.54) is 0 Å². The number of nitrogens with zero attached hydrogens (tertiary/aromatic N) is 2. The number of hydrogen-bond donors (Lipinski definition) is 0. The van der Waals surface area contributed by atoms with Gasteiger partial charge in [-0.2, -0.15) is 5.26 Å². The first-order chi connectivity index (χ1) is 8.77. The molecule has 2 rings (SSSR count).